The number of carbonyl (C=O) groups excluding carboxylic acids is 2. The van der Waals surface area contributed by atoms with E-state index >= 15 is 0 Å². The maximum Gasteiger partial charge on any atom is 0.194 e. The topological polar surface area (TPSA) is 74.6 Å². The van der Waals surface area contributed by atoms with E-state index in [2.05, 4.69) is 27.7 Å². The van der Waals surface area contributed by atoms with Gasteiger partial charge in [-0.2, -0.15) is 0 Å². The van der Waals surface area contributed by atoms with Crippen molar-refractivity contribution in [2.45, 2.75) is 77.0 Å². The highest BCUT2D eigenvalue weighted by atomic mass is 16.3. The van der Waals surface area contributed by atoms with E-state index in [9.17, 15) is 9.59 Å². The van der Waals surface area contributed by atoms with E-state index in [1.807, 2.05) is 24.3 Å². The zero-order valence-corrected chi connectivity index (χ0v) is 19.8. The summed E-state index contributed by atoms with van der Waals surface area (Å²) in [7, 11) is 0. The minimum Gasteiger partial charge on any atom is -0.396 e. The number of hydrogen-bond acceptors (Lipinski definition) is 4. The van der Waals surface area contributed by atoms with Gasteiger partial charge in [0.1, 0.15) is 0 Å². The molecule has 4 nitrogen and oxygen atoms in total. The van der Waals surface area contributed by atoms with Gasteiger partial charge in [0.25, 0.3) is 0 Å². The van der Waals surface area contributed by atoms with Crippen LogP contribution in [0.1, 0.15) is 109 Å². The van der Waals surface area contributed by atoms with Gasteiger partial charge in [0, 0.05) is 35.5 Å². The van der Waals surface area contributed by atoms with Crippen LogP contribution in [0.5, 0.6) is 0 Å². The minimum atomic E-state index is -0.148. The highest BCUT2D eigenvalue weighted by molar-refractivity contribution is 6.28. The number of carbonyl (C=O) groups is 2. The molecule has 0 heterocycles. The van der Waals surface area contributed by atoms with Gasteiger partial charge in [0.2, 0.25) is 0 Å². The lowest BCUT2D eigenvalue weighted by molar-refractivity contribution is 0.0978. The van der Waals surface area contributed by atoms with E-state index in [-0.39, 0.29) is 35.6 Å². The molecule has 3 rings (SSSR count). The first-order valence-corrected chi connectivity index (χ1v) is 11.7. The van der Waals surface area contributed by atoms with Crippen molar-refractivity contribution in [2.75, 3.05) is 13.2 Å². The van der Waals surface area contributed by atoms with E-state index in [0.29, 0.717) is 22.3 Å². The van der Waals surface area contributed by atoms with Crippen LogP contribution in [0.2, 0.25) is 0 Å². The normalized spacial score (nSPS) is 13.8. The average molecular weight is 437 g/mol. The molecular weight excluding hydrogens is 400 g/mol. The summed E-state index contributed by atoms with van der Waals surface area (Å²) in [6, 6.07) is 11.3. The predicted octanol–water partition coefficient (Wildman–Crippen LogP) is 5.34. The van der Waals surface area contributed by atoms with Crippen LogP contribution in [0.15, 0.2) is 36.4 Å². The number of ketones is 2. The summed E-state index contributed by atoms with van der Waals surface area (Å²) >= 11 is 0. The van der Waals surface area contributed by atoms with Gasteiger partial charge >= 0.3 is 0 Å². The van der Waals surface area contributed by atoms with Gasteiger partial charge < -0.3 is 10.2 Å². The Hall–Kier alpha value is -2.30. The maximum absolute atomic E-state index is 13.5. The van der Waals surface area contributed by atoms with Crippen molar-refractivity contribution in [2.24, 2.45) is 0 Å². The van der Waals surface area contributed by atoms with Gasteiger partial charge in [-0.25, -0.2) is 0 Å². The Morgan fingerprint density at radius 1 is 0.594 bits per heavy atom. The molecule has 4 heteroatoms. The number of benzene rings is 2. The summed E-state index contributed by atoms with van der Waals surface area (Å²) in [4.78, 5) is 26.7. The fraction of sp³-hybridized carbons (Fsp3) is 0.500. The lowest BCUT2D eigenvalue weighted by atomic mass is 9.74. The van der Waals surface area contributed by atoms with Crippen molar-refractivity contribution >= 4 is 11.6 Å². The van der Waals surface area contributed by atoms with E-state index in [4.69, 9.17) is 10.2 Å². The van der Waals surface area contributed by atoms with Crippen LogP contribution >= 0.6 is 0 Å². The largest absolute Gasteiger partial charge is 0.396 e. The van der Waals surface area contributed by atoms with Gasteiger partial charge in [-0.1, -0.05) is 52.7 Å². The van der Waals surface area contributed by atoms with Gasteiger partial charge in [0.15, 0.2) is 11.6 Å². The number of fused-ring (bicyclic) bond motifs is 2. The van der Waals surface area contributed by atoms with Crippen molar-refractivity contribution in [1.29, 1.82) is 0 Å². The molecule has 0 atom stereocenters. The maximum atomic E-state index is 13.5. The van der Waals surface area contributed by atoms with Crippen LogP contribution in [0, 0.1) is 0 Å². The zero-order chi connectivity index (χ0) is 23.5. The molecule has 0 saturated carbocycles. The molecule has 1 aliphatic carbocycles. The van der Waals surface area contributed by atoms with E-state index in [1.54, 1.807) is 12.1 Å². The van der Waals surface area contributed by atoms with E-state index in [0.717, 1.165) is 49.7 Å². The number of rotatable bonds is 10. The summed E-state index contributed by atoms with van der Waals surface area (Å²) in [5.41, 5.74) is 3.73. The first-order chi connectivity index (χ1) is 15.1. The fourth-order valence-electron chi connectivity index (χ4n) is 4.64. The second-order valence-electron chi connectivity index (χ2n) is 10.3. The molecular formula is C28H36O4. The Labute approximate surface area is 191 Å². The first-order valence-electron chi connectivity index (χ1n) is 11.7. The van der Waals surface area contributed by atoms with Gasteiger partial charge in [-0.15, -0.1) is 0 Å². The molecule has 2 aromatic rings. The average Bonchev–Trinajstić information content (AvgIpc) is 2.77. The van der Waals surface area contributed by atoms with Crippen LogP contribution in [0.25, 0.3) is 0 Å². The number of hydrogen-bond donors (Lipinski definition) is 2. The van der Waals surface area contributed by atoms with E-state index in [1.165, 1.54) is 0 Å². The van der Waals surface area contributed by atoms with Crippen LogP contribution in [-0.2, 0) is 10.8 Å². The Morgan fingerprint density at radius 3 is 1.34 bits per heavy atom. The Balaban J connectivity index is 1.95. The van der Waals surface area contributed by atoms with Crippen LogP contribution < -0.4 is 0 Å². The van der Waals surface area contributed by atoms with Crippen LogP contribution in [0.4, 0.5) is 0 Å². The molecule has 32 heavy (non-hydrogen) atoms. The molecule has 0 unspecified atom stereocenters. The summed E-state index contributed by atoms with van der Waals surface area (Å²) in [6.45, 7) is 8.93. The van der Waals surface area contributed by atoms with Crippen molar-refractivity contribution < 1.29 is 19.8 Å². The molecule has 0 saturated heterocycles. The van der Waals surface area contributed by atoms with Crippen molar-refractivity contribution in [3.63, 3.8) is 0 Å². The highest BCUT2D eigenvalue weighted by Gasteiger charge is 2.33. The SMILES string of the molecule is CC(C)(CCCCO)c1ccc2c(c1)C(=O)c1cc(C(C)(C)CCCCO)ccc1C2=O. The summed E-state index contributed by atoms with van der Waals surface area (Å²) in [6.07, 6.45) is 5.14. The summed E-state index contributed by atoms with van der Waals surface area (Å²) in [5.74, 6) is -0.181. The molecule has 2 aromatic carbocycles. The fourth-order valence-corrected chi connectivity index (χ4v) is 4.64. The van der Waals surface area contributed by atoms with Crippen molar-refractivity contribution in [1.82, 2.24) is 0 Å². The molecule has 0 radical (unpaired) electrons. The minimum absolute atomic E-state index is 0.0874. The lowest BCUT2D eigenvalue weighted by Crippen LogP contribution is -2.25. The monoisotopic (exact) mass is 436 g/mol. The van der Waals surface area contributed by atoms with Gasteiger partial charge in [0.05, 0.1) is 0 Å². The van der Waals surface area contributed by atoms with E-state index < -0.39 is 0 Å². The van der Waals surface area contributed by atoms with Gasteiger partial charge in [-0.05, 0) is 71.9 Å². The molecule has 0 bridgehead atoms. The smallest absolute Gasteiger partial charge is 0.194 e. The third kappa shape index (κ3) is 4.87. The number of aliphatic hydroxyl groups is 2. The standard InChI is InChI=1S/C28H36O4/c1-27(2,13-5-7-15-29)19-9-11-21-23(17-19)26(32)24-18-20(10-12-22(24)25(21)31)28(3,4)14-6-8-16-30/h9-12,17-18,29-30H,5-8,13-16H2,1-4H3. The number of unbranched alkanes of at least 4 members (excludes halogenated alkanes) is 2. The highest BCUT2D eigenvalue weighted by Crippen LogP contribution is 2.36. The first kappa shape index (κ1) is 24.3. The molecule has 1 aliphatic rings. The summed E-state index contributed by atoms with van der Waals surface area (Å²) < 4.78 is 0. The van der Waals surface area contributed by atoms with Gasteiger partial charge in [-0.3, -0.25) is 9.59 Å². The second kappa shape index (κ2) is 9.68. The Bertz CT molecular complexity index is 923. The third-order valence-electron chi connectivity index (χ3n) is 7.00. The molecule has 0 amide bonds. The lowest BCUT2D eigenvalue weighted by Gasteiger charge is -2.29. The Morgan fingerprint density at radius 2 is 0.969 bits per heavy atom. The van der Waals surface area contributed by atoms with Crippen LogP contribution in [-0.4, -0.2) is 35.0 Å². The molecule has 0 aliphatic heterocycles. The number of aliphatic hydroxyl groups excluding tert-OH is 2. The van der Waals surface area contributed by atoms with Crippen molar-refractivity contribution in [3.05, 3.63) is 69.8 Å². The molecule has 172 valence electrons. The third-order valence-corrected chi connectivity index (χ3v) is 7.00. The quantitative estimate of drug-likeness (QED) is 0.421. The molecule has 2 N–H and O–H groups in total. The predicted molar refractivity (Wildman–Crippen MR) is 128 cm³/mol. The Kier molecular flexibility index (Phi) is 7.36. The van der Waals surface area contributed by atoms with Crippen LogP contribution in [0.3, 0.4) is 0 Å². The van der Waals surface area contributed by atoms with Crippen molar-refractivity contribution in [3.8, 4) is 0 Å². The summed E-state index contributed by atoms with van der Waals surface area (Å²) in [5, 5.41) is 18.2. The molecule has 0 aromatic heterocycles. The molecule has 0 spiro atoms. The second-order valence-corrected chi connectivity index (χ2v) is 10.3. The zero-order valence-electron chi connectivity index (χ0n) is 19.8. The molecule has 0 fully saturated rings.